The monoisotopic (exact) mass is 1780 g/mol. The third-order valence-electron chi connectivity index (χ3n) is 31.6. The van der Waals surface area contributed by atoms with Crippen LogP contribution in [-0.4, -0.2) is 77.4 Å². The summed E-state index contributed by atoms with van der Waals surface area (Å²) in [5, 5.41) is 10.9. The van der Waals surface area contributed by atoms with Gasteiger partial charge in [0.15, 0.2) is 5.65 Å². The van der Waals surface area contributed by atoms with Crippen molar-refractivity contribution >= 4 is 154 Å². The van der Waals surface area contributed by atoms with Crippen molar-refractivity contribution in [1.29, 1.82) is 0 Å². The van der Waals surface area contributed by atoms with Gasteiger partial charge in [-0.2, -0.15) is 0 Å². The number of imidazole rings is 4. The van der Waals surface area contributed by atoms with E-state index in [1.54, 1.807) is 0 Å². The summed E-state index contributed by atoms with van der Waals surface area (Å²) in [6, 6.07) is 102. The van der Waals surface area contributed by atoms with Crippen molar-refractivity contribution in [3.05, 3.63) is 430 Å². The highest BCUT2D eigenvalue weighted by Crippen LogP contribution is 2.53. The maximum Gasteiger partial charge on any atom is 0.166 e. The Balaban J connectivity index is 0.0000000829. The minimum absolute atomic E-state index is 0.870. The Morgan fingerprint density at radius 1 is 0.157 bits per heavy atom. The van der Waals surface area contributed by atoms with Gasteiger partial charge in [-0.1, -0.05) is 103 Å². The molecule has 140 heavy (non-hydrogen) atoms. The molecule has 16 heteroatoms. The Kier molecular flexibility index (Phi) is 14.9. The summed E-state index contributed by atoms with van der Waals surface area (Å²) < 4.78 is 8.86. The van der Waals surface area contributed by atoms with Gasteiger partial charge in [-0.15, -0.1) is 0 Å². The van der Waals surface area contributed by atoms with E-state index in [1.807, 2.05) is 98.4 Å². The minimum atomic E-state index is 0.870. The van der Waals surface area contributed by atoms with Gasteiger partial charge in [-0.3, -0.25) is 37.5 Å². The first-order valence-corrected chi connectivity index (χ1v) is 48.2. The topological polar surface area (TPSA) is 172 Å². The molecule has 8 aliphatic rings. The lowest BCUT2D eigenvalue weighted by Gasteiger charge is -2.08. The molecule has 0 saturated carbocycles. The lowest BCUT2D eigenvalue weighted by molar-refractivity contribution is 1.21. The van der Waals surface area contributed by atoms with Crippen LogP contribution in [0.15, 0.2) is 341 Å². The highest BCUT2D eigenvalue weighted by molar-refractivity contribution is 6.17. The van der Waals surface area contributed by atoms with Crippen LogP contribution in [0.5, 0.6) is 0 Å². The van der Waals surface area contributed by atoms with E-state index < -0.39 is 0 Å². The third-order valence-corrected chi connectivity index (χ3v) is 31.6. The number of hydrogen-bond acceptors (Lipinski definition) is 12. The largest absolute Gasteiger partial charge is 0.276 e. The molecule has 0 unspecified atom stereocenters. The number of aromatic nitrogens is 16. The molecule has 0 amide bonds. The SMILES string of the molecule is c1ccc2c(c1)Cc1cc3c(cc1-2)Cc1cc2c(cc1-3)nc1c3cccnc3c3cccnc3n21.c1ccc2c(c1)Cc1cc3c(cc1-2)Cc1cc2c(cc1-3)nc1c3ccncc3c3cccnc3n21.c1ccc2c(c1)Cc1cc3c(cc1-2)Cc1cc2c(cc1-3)nc1c3cnccc3c3cccnc3n21.c1ccc2c(c1)Cc1cc3c(cc1-2)Cc1cc2c(cc1-3)nc1c3ncccc3c3cccnc3n21. The zero-order valence-electron chi connectivity index (χ0n) is 75.1. The van der Waals surface area contributed by atoms with Gasteiger partial charge in [0.05, 0.1) is 49.7 Å². The van der Waals surface area contributed by atoms with Crippen LogP contribution in [0.4, 0.5) is 0 Å². The van der Waals surface area contributed by atoms with Gasteiger partial charge >= 0.3 is 0 Å². The highest BCUT2D eigenvalue weighted by Gasteiger charge is 2.34. The highest BCUT2D eigenvalue weighted by atomic mass is 15.1. The standard InChI is InChI=1S/4C31H18N4/c1-2-6-21-17(5-1)11-18-14-25-19(13-24(18)21)12-20-15-28-27(16-26(20)25)34-31-23-8-3-9-32-29(23)22-7-4-10-33-30(22)35(28)31;1-2-6-21-17(5-1)11-18-14-25-19(13-24(18)21)12-20-15-28-27(16-26(20)25)34-31-29-22(7-3-9-32-29)23-8-4-10-33-30(23)35(28)31;1-2-5-21-17(4-1)10-18-13-25-19(12-24(18)21)11-20-14-29-28(15-26(20)25)34-31-27-16-32-9-7-22(27)23-6-3-8-33-30(23)35(29)31;1-2-5-21-17(4-1)10-18-13-25-19(12-24(18)21)11-20-14-29-28(15-26(20)25)34-31-23-7-9-32-16-27(23)22-6-3-8-33-30(22)35(29)31/h2*1-10,13-16H,11-12H2;2*1-9,12-16H,10-11H2. The molecule has 648 valence electrons. The van der Waals surface area contributed by atoms with Crippen molar-refractivity contribution in [1.82, 2.24) is 77.4 Å². The first kappa shape index (κ1) is 75.1. The zero-order chi connectivity index (χ0) is 90.7. The van der Waals surface area contributed by atoms with Crippen molar-refractivity contribution in [2.24, 2.45) is 0 Å². The van der Waals surface area contributed by atoms with Gasteiger partial charge in [0.25, 0.3) is 0 Å². The second-order valence-electron chi connectivity index (χ2n) is 38.9. The molecule has 36 rings (SSSR count). The second kappa shape index (κ2) is 27.7. The zero-order valence-corrected chi connectivity index (χ0v) is 75.1. The van der Waals surface area contributed by atoms with Crippen LogP contribution in [0.2, 0.25) is 0 Å². The predicted molar refractivity (Wildman–Crippen MR) is 559 cm³/mol. The summed E-state index contributed by atoms with van der Waals surface area (Å²) in [6.07, 6.45) is 26.5. The molecule has 0 spiro atoms. The molecule has 0 radical (unpaired) electrons. The first-order valence-electron chi connectivity index (χ1n) is 48.2. The van der Waals surface area contributed by atoms with Gasteiger partial charge in [-0.25, -0.2) is 39.9 Å². The smallest absolute Gasteiger partial charge is 0.166 e. The Morgan fingerprint density at radius 3 is 0.800 bits per heavy atom. The summed E-state index contributed by atoms with van der Waals surface area (Å²) in [7, 11) is 0. The molecular formula is C124H72N16. The number of rotatable bonds is 0. The Hall–Kier alpha value is -18.3. The second-order valence-corrected chi connectivity index (χ2v) is 38.9. The normalized spacial score (nSPS) is 13.5. The summed E-state index contributed by atoms with van der Waals surface area (Å²) in [5.74, 6) is 0. The summed E-state index contributed by atoms with van der Waals surface area (Å²) in [6.45, 7) is 0. The molecule has 0 saturated heterocycles. The molecule has 0 aliphatic heterocycles. The van der Waals surface area contributed by atoms with Gasteiger partial charge in [-0.05, 0) is 411 Å². The van der Waals surface area contributed by atoms with Crippen molar-refractivity contribution < 1.29 is 0 Å². The fourth-order valence-electron chi connectivity index (χ4n) is 25.5. The minimum Gasteiger partial charge on any atom is -0.276 e. The van der Waals surface area contributed by atoms with E-state index in [9.17, 15) is 0 Å². The van der Waals surface area contributed by atoms with Crippen molar-refractivity contribution in [2.75, 3.05) is 0 Å². The van der Waals surface area contributed by atoms with Crippen LogP contribution in [0, 0.1) is 0 Å². The maximum absolute atomic E-state index is 5.14. The van der Waals surface area contributed by atoms with Crippen molar-refractivity contribution in [3.8, 4) is 89.0 Å². The average Bonchev–Trinajstić information content (AvgIpc) is 1.56. The molecule has 16 aromatic heterocycles. The van der Waals surface area contributed by atoms with Crippen molar-refractivity contribution in [3.63, 3.8) is 0 Å². The number of pyridine rings is 12. The van der Waals surface area contributed by atoms with Crippen molar-refractivity contribution in [2.45, 2.75) is 51.4 Å². The molecule has 12 aromatic carbocycles. The van der Waals surface area contributed by atoms with Crippen LogP contribution in [0.1, 0.15) is 89.0 Å². The molecule has 0 N–H and O–H groups in total. The van der Waals surface area contributed by atoms with Gasteiger partial charge in [0.1, 0.15) is 45.0 Å². The van der Waals surface area contributed by atoms with Crippen LogP contribution in [-0.2, 0) is 51.4 Å². The van der Waals surface area contributed by atoms with E-state index in [2.05, 4.69) is 275 Å². The number of nitrogens with zero attached hydrogens (tertiary/aromatic N) is 16. The van der Waals surface area contributed by atoms with E-state index >= 15 is 0 Å². The van der Waals surface area contributed by atoms with E-state index in [0.29, 0.717) is 0 Å². The van der Waals surface area contributed by atoms with E-state index in [1.165, 1.54) is 178 Å². The average molecular weight is 1790 g/mol. The maximum atomic E-state index is 5.14. The van der Waals surface area contributed by atoms with Gasteiger partial charge < -0.3 is 0 Å². The molecule has 0 fully saturated rings. The Morgan fingerprint density at radius 2 is 0.407 bits per heavy atom. The fourth-order valence-corrected chi connectivity index (χ4v) is 25.5. The Bertz CT molecular complexity index is 9460. The molecule has 0 bridgehead atoms. The number of hydrogen-bond donors (Lipinski definition) is 0. The Labute approximate surface area is 796 Å². The van der Waals surface area contributed by atoms with E-state index in [-0.39, 0.29) is 0 Å². The lowest BCUT2D eigenvalue weighted by atomic mass is 9.98. The number of fused-ring (bicyclic) bond motifs is 56. The summed E-state index contributed by atoms with van der Waals surface area (Å²) in [4.78, 5) is 57.8. The van der Waals surface area contributed by atoms with E-state index in [4.69, 9.17) is 44.9 Å². The summed E-state index contributed by atoms with van der Waals surface area (Å²) in [5.41, 5.74) is 62.1. The quantitative estimate of drug-likeness (QED) is 0.132. The molecule has 8 aliphatic carbocycles. The van der Waals surface area contributed by atoms with Crippen LogP contribution in [0.3, 0.4) is 0 Å². The van der Waals surface area contributed by atoms with Crippen LogP contribution >= 0.6 is 0 Å². The van der Waals surface area contributed by atoms with Gasteiger partial charge in [0.2, 0.25) is 0 Å². The first-order chi connectivity index (χ1) is 69.3. The van der Waals surface area contributed by atoms with E-state index in [0.717, 1.165) is 206 Å². The molecular weight excluding hydrogens is 1710 g/mol. The fraction of sp³-hybridized carbons (Fsp3) is 0.0645. The molecule has 16 heterocycles. The number of benzene rings is 12. The molecule has 0 atom stereocenters. The molecule has 16 nitrogen and oxygen atoms in total. The predicted octanol–water partition coefficient (Wildman–Crippen LogP) is 26.9. The molecule has 28 aromatic rings. The van der Waals surface area contributed by atoms with Crippen LogP contribution < -0.4 is 0 Å². The third kappa shape index (κ3) is 10.5. The van der Waals surface area contributed by atoms with Gasteiger partial charge in [0, 0.05) is 110 Å². The van der Waals surface area contributed by atoms with Crippen LogP contribution in [0.25, 0.3) is 243 Å². The lowest BCUT2D eigenvalue weighted by Crippen LogP contribution is -1.95. The summed E-state index contributed by atoms with van der Waals surface area (Å²) >= 11 is 0.